The summed E-state index contributed by atoms with van der Waals surface area (Å²) in [6, 6.07) is 32.9. The average molecular weight is 427 g/mol. The number of benzene rings is 3. The molecule has 0 atom stereocenters. The summed E-state index contributed by atoms with van der Waals surface area (Å²) >= 11 is 1.72. The molecule has 3 aromatic rings. The van der Waals surface area contributed by atoms with Crippen LogP contribution in [0.25, 0.3) is 0 Å². The second kappa shape index (κ2) is 10.8. The number of hydrogen-bond acceptors (Lipinski definition) is 2. The van der Waals surface area contributed by atoms with Crippen LogP contribution in [0.2, 0.25) is 0 Å². The van der Waals surface area contributed by atoms with Gasteiger partial charge in [0, 0.05) is 0 Å². The normalized spacial score (nSPS) is 8.65. The van der Waals surface area contributed by atoms with E-state index in [1.165, 1.54) is 16.1 Å². The Morgan fingerprint density at radius 2 is 0.826 bits per heavy atom. The Hall–Kier alpha value is -1.87. The summed E-state index contributed by atoms with van der Waals surface area (Å²) in [7, 11) is 0. The molecule has 114 valence electrons. The molecule has 0 aliphatic carbocycles. The zero-order chi connectivity index (χ0) is 15.6. The summed E-state index contributed by atoms with van der Waals surface area (Å²) in [5, 5.41) is 8.47. The Morgan fingerprint density at radius 1 is 0.609 bits per heavy atom. The van der Waals surface area contributed by atoms with Crippen LogP contribution in [0.1, 0.15) is 0 Å². The van der Waals surface area contributed by atoms with Crippen molar-refractivity contribution in [3.63, 3.8) is 0 Å². The molecule has 0 aliphatic rings. The molecule has 0 aromatic heterocycles. The first-order valence-electron chi connectivity index (χ1n) is 6.91. The Kier molecular flexibility index (Phi) is 8.99. The van der Waals surface area contributed by atoms with Crippen molar-refractivity contribution in [2.24, 2.45) is 0 Å². The van der Waals surface area contributed by atoms with Crippen molar-refractivity contribution in [2.45, 2.75) is 0 Å². The fraction of sp³-hybridized carbons (Fsp3) is 0. The molecule has 3 aromatic carbocycles. The van der Waals surface area contributed by atoms with Gasteiger partial charge in [0.2, 0.25) is 0 Å². The van der Waals surface area contributed by atoms with E-state index in [1.54, 1.807) is 0 Å². The maximum absolute atomic E-state index is 7.13. The molecule has 3 N–H and O–H groups in total. The number of rotatable bonds is 3. The molecule has 0 amide bonds. The Morgan fingerprint density at radius 3 is 1.04 bits per heavy atom. The molecular weight excluding hydrogens is 409 g/mol. The van der Waals surface area contributed by atoms with Gasteiger partial charge in [-0.15, -0.1) is 0 Å². The Balaban J connectivity index is 0.000000615. The van der Waals surface area contributed by atoms with Crippen molar-refractivity contribution in [3.8, 4) is 5.40 Å². The van der Waals surface area contributed by atoms with Crippen molar-refractivity contribution < 1.29 is 5.48 Å². The summed E-state index contributed by atoms with van der Waals surface area (Å²) in [6.07, 6.45) is 0. The third-order valence-corrected chi connectivity index (χ3v) is 11.0. The Bertz CT molecular complexity index is 621. The topological polar surface area (TPSA) is 56.8 Å². The third-order valence-electron chi connectivity index (χ3n) is 3.19. The maximum atomic E-state index is 7.13. The van der Waals surface area contributed by atoms with E-state index in [0.29, 0.717) is 0 Å². The summed E-state index contributed by atoms with van der Waals surface area (Å²) in [5.74, 6) is 0. The van der Waals surface area contributed by atoms with Crippen molar-refractivity contribution in [1.82, 2.24) is 0 Å². The molecule has 0 spiro atoms. The van der Waals surface area contributed by atoms with Crippen LogP contribution < -0.4 is 10.7 Å². The van der Waals surface area contributed by atoms with E-state index in [1.807, 2.05) is 0 Å². The van der Waals surface area contributed by atoms with E-state index in [0.717, 1.165) is 0 Å². The van der Waals surface area contributed by atoms with Gasteiger partial charge in [-0.05, 0) is 0 Å². The van der Waals surface area contributed by atoms with Gasteiger partial charge in [-0.25, -0.2) is 5.26 Å². The second-order valence-electron chi connectivity index (χ2n) is 4.56. The zero-order valence-corrected chi connectivity index (χ0v) is 16.3. The molecule has 3 rings (SSSR count). The first-order chi connectivity index (χ1) is 10.9. The number of nitrogens with zero attached hydrogens (tertiary/aromatic N) is 1. The Labute approximate surface area is 149 Å². The van der Waals surface area contributed by atoms with Crippen LogP contribution in [-0.2, 0) is 18.1 Å². The standard InChI is InChI=1S/3C6H5.CHNS.H2O.Sn/c3*1-2-4-6-5-3-1;2-1-3;;/h3*1-5H;3H;1H2;/q;;;;;+1. The summed E-state index contributed by atoms with van der Waals surface area (Å²) in [4.78, 5) is 0. The van der Waals surface area contributed by atoms with Gasteiger partial charge in [0.05, 0.1) is 0 Å². The SMILES string of the molecule is N#C[S-].[OH3+].c1cc[c]([Sn+]([c]2ccccc2)[c]2ccccc2)cc1. The fourth-order valence-corrected chi connectivity index (χ4v) is 9.67. The molecule has 0 saturated carbocycles. The predicted molar refractivity (Wildman–Crippen MR) is 102 cm³/mol. The molecule has 0 heterocycles. The van der Waals surface area contributed by atoms with Gasteiger partial charge in [0.1, 0.15) is 0 Å². The van der Waals surface area contributed by atoms with Gasteiger partial charge < -0.3 is 18.1 Å². The summed E-state index contributed by atoms with van der Waals surface area (Å²) in [6.45, 7) is 0. The molecule has 0 fully saturated rings. The van der Waals surface area contributed by atoms with Crippen LogP contribution in [0, 0.1) is 10.7 Å². The van der Waals surface area contributed by atoms with Crippen molar-refractivity contribution in [1.29, 1.82) is 5.26 Å². The van der Waals surface area contributed by atoms with Gasteiger partial charge in [-0.1, -0.05) is 5.40 Å². The molecule has 0 bridgehead atoms. The molecular formula is C19H18NOSSn+. The van der Waals surface area contributed by atoms with E-state index in [9.17, 15) is 0 Å². The first kappa shape index (κ1) is 19.2. The van der Waals surface area contributed by atoms with E-state index < -0.39 is 19.8 Å². The van der Waals surface area contributed by atoms with E-state index in [4.69, 9.17) is 5.26 Å². The van der Waals surface area contributed by atoms with E-state index in [-0.39, 0.29) is 5.48 Å². The van der Waals surface area contributed by atoms with E-state index >= 15 is 0 Å². The quantitative estimate of drug-likeness (QED) is 0.274. The van der Waals surface area contributed by atoms with Crippen LogP contribution in [-0.4, -0.2) is 19.8 Å². The van der Waals surface area contributed by atoms with Crippen molar-refractivity contribution >= 4 is 43.1 Å². The van der Waals surface area contributed by atoms with Gasteiger partial charge in [-0.2, -0.15) is 0 Å². The molecule has 0 aliphatic heterocycles. The monoisotopic (exact) mass is 428 g/mol. The minimum atomic E-state index is -1.98. The van der Waals surface area contributed by atoms with Crippen molar-refractivity contribution in [3.05, 3.63) is 91.0 Å². The van der Waals surface area contributed by atoms with Gasteiger partial charge in [0.15, 0.2) is 0 Å². The molecule has 0 saturated heterocycles. The predicted octanol–water partition coefficient (Wildman–Crippen LogP) is 1.30. The average Bonchev–Trinajstić information content (AvgIpc) is 2.59. The molecule has 4 heteroatoms. The molecule has 0 radical (unpaired) electrons. The number of thiocyanates is 1. The number of hydrogen-bond donors (Lipinski definition) is 0. The van der Waals surface area contributed by atoms with Crippen molar-refractivity contribution in [2.75, 3.05) is 0 Å². The number of nitriles is 1. The summed E-state index contributed by atoms with van der Waals surface area (Å²) in [5.41, 5.74) is 0. The molecule has 0 unspecified atom stereocenters. The third kappa shape index (κ3) is 5.68. The van der Waals surface area contributed by atoms with E-state index in [2.05, 4.69) is 104 Å². The summed E-state index contributed by atoms with van der Waals surface area (Å²) < 4.78 is 4.59. The molecule has 2 nitrogen and oxygen atoms in total. The van der Waals surface area contributed by atoms with Gasteiger partial charge >= 0.3 is 121 Å². The van der Waals surface area contributed by atoms with Gasteiger partial charge in [0.25, 0.3) is 0 Å². The van der Waals surface area contributed by atoms with Crippen LogP contribution >= 0.6 is 0 Å². The van der Waals surface area contributed by atoms with Crippen LogP contribution in [0.15, 0.2) is 91.0 Å². The van der Waals surface area contributed by atoms with Crippen LogP contribution in [0.3, 0.4) is 0 Å². The van der Waals surface area contributed by atoms with Gasteiger partial charge in [-0.3, -0.25) is 0 Å². The van der Waals surface area contributed by atoms with Crippen LogP contribution in [0.5, 0.6) is 0 Å². The first-order valence-corrected chi connectivity index (χ1v) is 11.6. The molecule has 23 heavy (non-hydrogen) atoms. The zero-order valence-electron chi connectivity index (χ0n) is 12.6. The minimum absolute atomic E-state index is 0. The van der Waals surface area contributed by atoms with Crippen LogP contribution in [0.4, 0.5) is 0 Å². The fourth-order valence-electron chi connectivity index (χ4n) is 2.31. The second-order valence-corrected chi connectivity index (χ2v) is 11.8.